The first-order chi connectivity index (χ1) is 11.0. The second kappa shape index (κ2) is 6.04. The molecule has 2 N–H and O–H groups in total. The van der Waals surface area contributed by atoms with E-state index in [9.17, 15) is 14.0 Å². The summed E-state index contributed by atoms with van der Waals surface area (Å²) >= 11 is 0. The van der Waals surface area contributed by atoms with Gasteiger partial charge in [-0.05, 0) is 54.3 Å². The lowest BCUT2D eigenvalue weighted by Gasteiger charge is -2.07. The van der Waals surface area contributed by atoms with Gasteiger partial charge in [0.2, 0.25) is 0 Å². The molecule has 0 aliphatic heterocycles. The van der Waals surface area contributed by atoms with Crippen LogP contribution in [0.5, 0.6) is 0 Å². The summed E-state index contributed by atoms with van der Waals surface area (Å²) in [4.78, 5) is 26.4. The SMILES string of the molecule is Cc1cc2cc(CNC(=O)c3cccc(F)c3)ccc2[nH]c1=O. The molecule has 0 saturated heterocycles. The maximum Gasteiger partial charge on any atom is 0.251 e. The number of carbonyl (C=O) groups is 1. The number of pyridine rings is 1. The monoisotopic (exact) mass is 310 g/mol. The minimum absolute atomic E-state index is 0.107. The van der Waals surface area contributed by atoms with Crippen molar-refractivity contribution in [1.82, 2.24) is 10.3 Å². The maximum absolute atomic E-state index is 13.1. The quantitative estimate of drug-likeness (QED) is 0.781. The van der Waals surface area contributed by atoms with Crippen LogP contribution in [0, 0.1) is 12.7 Å². The van der Waals surface area contributed by atoms with E-state index in [4.69, 9.17) is 0 Å². The van der Waals surface area contributed by atoms with Crippen molar-refractivity contribution in [2.45, 2.75) is 13.5 Å². The molecule has 0 spiro atoms. The van der Waals surface area contributed by atoms with E-state index in [0.717, 1.165) is 16.5 Å². The van der Waals surface area contributed by atoms with Crippen molar-refractivity contribution in [1.29, 1.82) is 0 Å². The zero-order valence-electron chi connectivity index (χ0n) is 12.5. The molecule has 1 amide bonds. The first kappa shape index (κ1) is 15.0. The highest BCUT2D eigenvalue weighted by Crippen LogP contribution is 2.14. The van der Waals surface area contributed by atoms with Gasteiger partial charge < -0.3 is 10.3 Å². The van der Waals surface area contributed by atoms with Gasteiger partial charge in [0.05, 0.1) is 0 Å². The van der Waals surface area contributed by atoms with Gasteiger partial charge in [0.15, 0.2) is 0 Å². The number of rotatable bonds is 3. The maximum atomic E-state index is 13.1. The smallest absolute Gasteiger partial charge is 0.251 e. The molecule has 5 heteroatoms. The lowest BCUT2D eigenvalue weighted by Crippen LogP contribution is -2.22. The first-order valence-corrected chi connectivity index (χ1v) is 7.19. The lowest BCUT2D eigenvalue weighted by atomic mass is 10.1. The zero-order chi connectivity index (χ0) is 16.4. The Morgan fingerprint density at radius 3 is 2.78 bits per heavy atom. The fraction of sp³-hybridized carbons (Fsp3) is 0.111. The summed E-state index contributed by atoms with van der Waals surface area (Å²) in [6.07, 6.45) is 0. The molecule has 3 rings (SSSR count). The lowest BCUT2D eigenvalue weighted by molar-refractivity contribution is 0.0950. The number of benzene rings is 2. The topological polar surface area (TPSA) is 62.0 Å². The summed E-state index contributed by atoms with van der Waals surface area (Å²) in [6.45, 7) is 2.07. The van der Waals surface area contributed by atoms with Gasteiger partial charge >= 0.3 is 0 Å². The van der Waals surface area contributed by atoms with E-state index in [-0.39, 0.29) is 17.0 Å². The van der Waals surface area contributed by atoms with Gasteiger partial charge in [-0.15, -0.1) is 0 Å². The molecular formula is C18H15FN2O2. The van der Waals surface area contributed by atoms with E-state index in [1.165, 1.54) is 18.2 Å². The summed E-state index contributed by atoms with van der Waals surface area (Å²) in [5, 5.41) is 3.66. The predicted molar refractivity (Wildman–Crippen MR) is 86.9 cm³/mol. The van der Waals surface area contributed by atoms with Crippen LogP contribution < -0.4 is 10.9 Å². The van der Waals surface area contributed by atoms with Crippen molar-refractivity contribution in [3.8, 4) is 0 Å². The number of nitrogens with one attached hydrogen (secondary N) is 2. The molecule has 0 fully saturated rings. The number of carbonyl (C=O) groups excluding carboxylic acids is 1. The van der Waals surface area contributed by atoms with Gasteiger partial charge in [-0.25, -0.2) is 4.39 Å². The van der Waals surface area contributed by atoms with Crippen molar-refractivity contribution in [2.24, 2.45) is 0 Å². The molecule has 0 aliphatic rings. The van der Waals surface area contributed by atoms with Crippen molar-refractivity contribution >= 4 is 16.8 Å². The van der Waals surface area contributed by atoms with Crippen LogP contribution in [0.3, 0.4) is 0 Å². The molecule has 4 nitrogen and oxygen atoms in total. The van der Waals surface area contributed by atoms with Gasteiger partial charge in [0.25, 0.3) is 11.5 Å². The standard InChI is InChI=1S/C18H15FN2O2/c1-11-7-14-8-12(5-6-16(14)21-17(11)22)10-20-18(23)13-3-2-4-15(19)9-13/h2-9H,10H2,1H3,(H,20,23)(H,21,22). The van der Waals surface area contributed by atoms with Crippen LogP contribution in [-0.2, 0) is 6.54 Å². The van der Waals surface area contributed by atoms with Crippen LogP contribution in [-0.4, -0.2) is 10.9 Å². The molecule has 2 aromatic carbocycles. The minimum Gasteiger partial charge on any atom is -0.348 e. The molecule has 1 aromatic heterocycles. The van der Waals surface area contributed by atoms with Crippen molar-refractivity contribution < 1.29 is 9.18 Å². The highest BCUT2D eigenvalue weighted by molar-refractivity contribution is 5.94. The van der Waals surface area contributed by atoms with Gasteiger partial charge in [-0.2, -0.15) is 0 Å². The number of amides is 1. The summed E-state index contributed by atoms with van der Waals surface area (Å²) < 4.78 is 13.1. The molecule has 0 unspecified atom stereocenters. The van der Waals surface area contributed by atoms with E-state index in [2.05, 4.69) is 10.3 Å². The van der Waals surface area contributed by atoms with Crippen LogP contribution in [0.15, 0.2) is 53.3 Å². The van der Waals surface area contributed by atoms with Crippen LogP contribution in [0.4, 0.5) is 4.39 Å². The molecule has 3 aromatic rings. The van der Waals surface area contributed by atoms with Gasteiger partial charge in [-0.3, -0.25) is 9.59 Å². The molecule has 0 atom stereocenters. The third-order valence-corrected chi connectivity index (χ3v) is 3.63. The van der Waals surface area contributed by atoms with E-state index in [0.29, 0.717) is 12.1 Å². The Kier molecular flexibility index (Phi) is 3.93. The molecule has 0 radical (unpaired) electrons. The van der Waals surface area contributed by atoms with Crippen LogP contribution in [0.25, 0.3) is 10.9 Å². The summed E-state index contributed by atoms with van der Waals surface area (Å²) in [5.74, 6) is -0.773. The third kappa shape index (κ3) is 3.29. The zero-order valence-corrected chi connectivity index (χ0v) is 12.5. The molecule has 23 heavy (non-hydrogen) atoms. The number of hydrogen-bond acceptors (Lipinski definition) is 2. The van der Waals surface area contributed by atoms with E-state index in [1.54, 1.807) is 19.1 Å². The van der Waals surface area contributed by atoms with E-state index in [1.807, 2.05) is 18.2 Å². The second-order valence-corrected chi connectivity index (χ2v) is 5.40. The molecule has 0 bridgehead atoms. The minimum atomic E-state index is -0.442. The third-order valence-electron chi connectivity index (χ3n) is 3.63. The summed E-state index contributed by atoms with van der Waals surface area (Å²) in [5.41, 5.74) is 2.46. The van der Waals surface area contributed by atoms with Crippen LogP contribution >= 0.6 is 0 Å². The molecule has 0 aliphatic carbocycles. The largest absolute Gasteiger partial charge is 0.348 e. The fourth-order valence-corrected chi connectivity index (χ4v) is 2.39. The van der Waals surface area contributed by atoms with Crippen LogP contribution in [0.2, 0.25) is 0 Å². The highest BCUT2D eigenvalue weighted by atomic mass is 19.1. The Morgan fingerprint density at radius 2 is 2.00 bits per heavy atom. The number of fused-ring (bicyclic) bond motifs is 1. The van der Waals surface area contributed by atoms with Gasteiger partial charge in [-0.1, -0.05) is 12.1 Å². The average Bonchev–Trinajstić information content (AvgIpc) is 2.53. The van der Waals surface area contributed by atoms with E-state index >= 15 is 0 Å². The van der Waals surface area contributed by atoms with Crippen LogP contribution in [0.1, 0.15) is 21.5 Å². The average molecular weight is 310 g/mol. The Hall–Kier alpha value is -2.95. The number of aromatic nitrogens is 1. The summed E-state index contributed by atoms with van der Waals surface area (Å²) in [7, 11) is 0. The Morgan fingerprint density at radius 1 is 1.17 bits per heavy atom. The number of aromatic amines is 1. The van der Waals surface area contributed by atoms with E-state index < -0.39 is 5.82 Å². The second-order valence-electron chi connectivity index (χ2n) is 5.40. The van der Waals surface area contributed by atoms with Gasteiger partial charge in [0, 0.05) is 23.2 Å². The number of aryl methyl sites for hydroxylation is 1. The van der Waals surface area contributed by atoms with Crippen molar-refractivity contribution in [3.63, 3.8) is 0 Å². The van der Waals surface area contributed by atoms with Crippen molar-refractivity contribution in [2.75, 3.05) is 0 Å². The highest BCUT2D eigenvalue weighted by Gasteiger charge is 2.07. The number of H-pyrrole nitrogens is 1. The number of halogens is 1. The Balaban J connectivity index is 1.78. The Labute approximate surface area is 132 Å². The molecular weight excluding hydrogens is 295 g/mol. The first-order valence-electron chi connectivity index (χ1n) is 7.19. The fourth-order valence-electron chi connectivity index (χ4n) is 2.39. The predicted octanol–water partition coefficient (Wildman–Crippen LogP) is 2.91. The normalized spacial score (nSPS) is 10.7. The Bertz CT molecular complexity index is 947. The number of hydrogen-bond donors (Lipinski definition) is 2. The molecule has 0 saturated carbocycles. The summed E-state index contributed by atoms with van der Waals surface area (Å²) in [6, 6.07) is 12.9. The van der Waals surface area contributed by atoms with Gasteiger partial charge in [0.1, 0.15) is 5.82 Å². The molecule has 1 heterocycles. The van der Waals surface area contributed by atoms with Crippen molar-refractivity contribution in [3.05, 3.63) is 81.4 Å². The molecule has 116 valence electrons.